The molecule has 5 heteroatoms. The van der Waals surface area contributed by atoms with Crippen molar-refractivity contribution in [3.05, 3.63) is 76.4 Å². The zero-order valence-electron chi connectivity index (χ0n) is 14.4. The molecule has 128 valence electrons. The molecule has 0 bridgehead atoms. The predicted octanol–water partition coefficient (Wildman–Crippen LogP) is 5.32. The van der Waals surface area contributed by atoms with E-state index >= 15 is 0 Å². The summed E-state index contributed by atoms with van der Waals surface area (Å²) in [5.41, 5.74) is 3.44. The molecule has 0 fully saturated rings. The number of halogens is 1. The molecule has 25 heavy (non-hydrogen) atoms. The van der Waals surface area contributed by atoms with Crippen LogP contribution in [0.5, 0.6) is 0 Å². The molecular formula is C20H21BrN4. The fraction of sp³-hybridized carbons (Fsp3) is 0.200. The highest BCUT2D eigenvalue weighted by Gasteiger charge is 2.09. The number of hydrogen-bond acceptors (Lipinski definition) is 4. The molecule has 0 amide bonds. The van der Waals surface area contributed by atoms with Gasteiger partial charge >= 0.3 is 0 Å². The maximum Gasteiger partial charge on any atom is 0.227 e. The Balaban J connectivity index is 1.78. The predicted molar refractivity (Wildman–Crippen MR) is 107 cm³/mol. The lowest BCUT2D eigenvalue weighted by Gasteiger charge is -2.21. The van der Waals surface area contributed by atoms with E-state index in [2.05, 4.69) is 86.4 Å². The highest BCUT2D eigenvalue weighted by Crippen LogP contribution is 2.23. The Bertz CT molecular complexity index is 836. The molecule has 4 nitrogen and oxygen atoms in total. The lowest BCUT2D eigenvalue weighted by molar-refractivity contribution is 0.792. The van der Waals surface area contributed by atoms with Gasteiger partial charge in [0.2, 0.25) is 5.95 Å². The number of nitrogens with one attached hydrogen (secondary N) is 1. The van der Waals surface area contributed by atoms with Crippen LogP contribution in [0.4, 0.5) is 17.5 Å². The Morgan fingerprint density at radius 3 is 2.60 bits per heavy atom. The Kier molecular flexibility index (Phi) is 5.66. The molecule has 0 aliphatic rings. The van der Waals surface area contributed by atoms with Gasteiger partial charge in [-0.2, -0.15) is 4.98 Å². The standard InChI is InChI=1S/C20H21BrN4/c1-3-25(14-16-7-5-4-6-8-16)20-22-12-11-19(24-20)23-17-10-9-15(2)18(21)13-17/h4-13H,3,14H2,1-2H3,(H,22,23,24). The highest BCUT2D eigenvalue weighted by molar-refractivity contribution is 9.10. The second kappa shape index (κ2) is 8.12. The molecule has 0 saturated carbocycles. The van der Waals surface area contributed by atoms with Crippen LogP contribution in [0.15, 0.2) is 65.3 Å². The lowest BCUT2D eigenvalue weighted by Crippen LogP contribution is -2.24. The maximum absolute atomic E-state index is 4.68. The first-order chi connectivity index (χ1) is 12.2. The third-order valence-corrected chi connectivity index (χ3v) is 4.82. The summed E-state index contributed by atoms with van der Waals surface area (Å²) in [5.74, 6) is 1.51. The summed E-state index contributed by atoms with van der Waals surface area (Å²) in [6.07, 6.45) is 1.79. The van der Waals surface area contributed by atoms with E-state index < -0.39 is 0 Å². The van der Waals surface area contributed by atoms with Crippen molar-refractivity contribution in [2.24, 2.45) is 0 Å². The van der Waals surface area contributed by atoms with Gasteiger partial charge in [-0.05, 0) is 43.2 Å². The number of aryl methyl sites for hydroxylation is 1. The summed E-state index contributed by atoms with van der Waals surface area (Å²) < 4.78 is 1.08. The van der Waals surface area contributed by atoms with Gasteiger partial charge in [-0.25, -0.2) is 4.98 Å². The summed E-state index contributed by atoms with van der Waals surface area (Å²) in [4.78, 5) is 11.3. The third kappa shape index (κ3) is 4.57. The van der Waals surface area contributed by atoms with Crippen molar-refractivity contribution in [2.45, 2.75) is 20.4 Å². The summed E-state index contributed by atoms with van der Waals surface area (Å²) >= 11 is 3.56. The molecule has 0 radical (unpaired) electrons. The van der Waals surface area contributed by atoms with E-state index in [1.807, 2.05) is 18.2 Å². The van der Waals surface area contributed by atoms with Crippen LogP contribution < -0.4 is 10.2 Å². The number of rotatable bonds is 6. The first kappa shape index (κ1) is 17.4. The SMILES string of the molecule is CCN(Cc1ccccc1)c1nccc(Nc2ccc(C)c(Br)c2)n1. The minimum atomic E-state index is 0.725. The first-order valence-corrected chi connectivity index (χ1v) is 9.10. The quantitative estimate of drug-likeness (QED) is 0.612. The van der Waals surface area contributed by atoms with E-state index in [9.17, 15) is 0 Å². The summed E-state index contributed by atoms with van der Waals surface area (Å²) in [5, 5.41) is 3.35. The zero-order valence-corrected chi connectivity index (χ0v) is 16.0. The topological polar surface area (TPSA) is 41.1 Å². The van der Waals surface area contributed by atoms with E-state index in [0.29, 0.717) is 0 Å². The van der Waals surface area contributed by atoms with Crippen molar-refractivity contribution in [3.8, 4) is 0 Å². The van der Waals surface area contributed by atoms with Gasteiger partial charge < -0.3 is 10.2 Å². The van der Waals surface area contributed by atoms with Gasteiger partial charge in [-0.3, -0.25) is 0 Å². The first-order valence-electron chi connectivity index (χ1n) is 8.31. The van der Waals surface area contributed by atoms with Crippen LogP contribution in [-0.4, -0.2) is 16.5 Å². The smallest absolute Gasteiger partial charge is 0.227 e. The van der Waals surface area contributed by atoms with Crippen LogP contribution in [0.1, 0.15) is 18.1 Å². The monoisotopic (exact) mass is 396 g/mol. The second-order valence-corrected chi connectivity index (χ2v) is 6.68. The van der Waals surface area contributed by atoms with Crippen molar-refractivity contribution in [1.82, 2.24) is 9.97 Å². The summed E-state index contributed by atoms with van der Waals surface area (Å²) in [7, 11) is 0. The average molecular weight is 397 g/mol. The van der Waals surface area contributed by atoms with E-state index in [1.165, 1.54) is 11.1 Å². The van der Waals surface area contributed by atoms with E-state index in [-0.39, 0.29) is 0 Å². The summed E-state index contributed by atoms with van der Waals surface area (Å²) in [6.45, 7) is 5.81. The van der Waals surface area contributed by atoms with Gasteiger partial charge in [0, 0.05) is 29.4 Å². The summed E-state index contributed by atoms with van der Waals surface area (Å²) in [6, 6.07) is 18.4. The van der Waals surface area contributed by atoms with Gasteiger partial charge in [-0.15, -0.1) is 0 Å². The van der Waals surface area contributed by atoms with E-state index in [1.54, 1.807) is 6.20 Å². The van der Waals surface area contributed by atoms with Gasteiger partial charge in [0.05, 0.1) is 0 Å². The molecule has 0 aliphatic heterocycles. The van der Waals surface area contributed by atoms with Crippen molar-refractivity contribution < 1.29 is 0 Å². The normalized spacial score (nSPS) is 10.5. The Labute approximate surface area is 157 Å². The van der Waals surface area contributed by atoms with Crippen LogP contribution in [0, 0.1) is 6.92 Å². The highest BCUT2D eigenvalue weighted by atomic mass is 79.9. The molecule has 0 unspecified atom stereocenters. The van der Waals surface area contributed by atoms with E-state index in [4.69, 9.17) is 0 Å². The van der Waals surface area contributed by atoms with Crippen LogP contribution in [0.2, 0.25) is 0 Å². The Morgan fingerprint density at radius 1 is 1.08 bits per heavy atom. The van der Waals surface area contributed by atoms with Crippen LogP contribution >= 0.6 is 15.9 Å². The van der Waals surface area contributed by atoms with Crippen molar-refractivity contribution >= 4 is 33.4 Å². The zero-order chi connectivity index (χ0) is 17.6. The van der Waals surface area contributed by atoms with Gasteiger partial charge in [0.1, 0.15) is 5.82 Å². The fourth-order valence-corrected chi connectivity index (χ4v) is 2.90. The number of nitrogens with zero attached hydrogens (tertiary/aromatic N) is 3. The van der Waals surface area contributed by atoms with Gasteiger partial charge in [-0.1, -0.05) is 52.3 Å². The van der Waals surface area contributed by atoms with Crippen LogP contribution in [-0.2, 0) is 6.54 Å². The lowest BCUT2D eigenvalue weighted by atomic mass is 10.2. The molecule has 0 aliphatic carbocycles. The Hall–Kier alpha value is -2.40. The minimum absolute atomic E-state index is 0.725. The fourth-order valence-electron chi connectivity index (χ4n) is 2.52. The van der Waals surface area contributed by atoms with E-state index in [0.717, 1.165) is 35.0 Å². The number of anilines is 3. The average Bonchev–Trinajstić information content (AvgIpc) is 2.64. The van der Waals surface area contributed by atoms with Gasteiger partial charge in [0.25, 0.3) is 0 Å². The molecule has 0 spiro atoms. The van der Waals surface area contributed by atoms with Gasteiger partial charge in [0.15, 0.2) is 0 Å². The molecule has 3 rings (SSSR count). The molecule has 1 N–H and O–H groups in total. The second-order valence-electron chi connectivity index (χ2n) is 5.83. The molecule has 0 saturated heterocycles. The molecular weight excluding hydrogens is 376 g/mol. The molecule has 3 aromatic rings. The maximum atomic E-state index is 4.68. The Morgan fingerprint density at radius 2 is 1.88 bits per heavy atom. The third-order valence-electron chi connectivity index (χ3n) is 3.97. The van der Waals surface area contributed by atoms with Crippen LogP contribution in [0.3, 0.4) is 0 Å². The number of hydrogen-bond donors (Lipinski definition) is 1. The number of benzene rings is 2. The van der Waals surface area contributed by atoms with Crippen LogP contribution in [0.25, 0.3) is 0 Å². The molecule has 1 heterocycles. The number of aromatic nitrogens is 2. The van der Waals surface area contributed by atoms with Crippen molar-refractivity contribution in [1.29, 1.82) is 0 Å². The molecule has 2 aromatic carbocycles. The minimum Gasteiger partial charge on any atom is -0.340 e. The molecule has 0 atom stereocenters. The van der Waals surface area contributed by atoms with Crippen molar-refractivity contribution in [2.75, 3.05) is 16.8 Å². The van der Waals surface area contributed by atoms with Crippen molar-refractivity contribution in [3.63, 3.8) is 0 Å². The largest absolute Gasteiger partial charge is 0.340 e. The molecule has 1 aromatic heterocycles.